The van der Waals surface area contributed by atoms with Crippen molar-refractivity contribution in [2.24, 2.45) is 5.10 Å². The fraction of sp³-hybridized carbons (Fsp3) is 0.161. The van der Waals surface area contributed by atoms with E-state index in [1.54, 1.807) is 32.2 Å². The fourth-order valence-electron chi connectivity index (χ4n) is 3.49. The second kappa shape index (κ2) is 13.5. The van der Waals surface area contributed by atoms with Gasteiger partial charge in [0.1, 0.15) is 24.7 Å². The minimum atomic E-state index is -0.744. The van der Waals surface area contributed by atoms with Gasteiger partial charge in [0, 0.05) is 0 Å². The third-order valence-electron chi connectivity index (χ3n) is 5.57. The van der Waals surface area contributed by atoms with Crippen LogP contribution in [0.4, 0.5) is 0 Å². The van der Waals surface area contributed by atoms with Gasteiger partial charge in [0.2, 0.25) is 0 Å². The fourth-order valence-corrected chi connectivity index (χ4v) is 3.49. The Kier molecular flexibility index (Phi) is 9.34. The number of nitrogens with one attached hydrogen (secondary N) is 1. The summed E-state index contributed by atoms with van der Waals surface area (Å²) in [6, 6.07) is 32.4. The zero-order valence-corrected chi connectivity index (χ0v) is 21.4. The van der Waals surface area contributed by atoms with Crippen LogP contribution in [0.25, 0.3) is 0 Å². The zero-order chi connectivity index (χ0) is 26.6. The summed E-state index contributed by atoms with van der Waals surface area (Å²) >= 11 is 0. The highest BCUT2D eigenvalue weighted by Gasteiger charge is 2.14. The van der Waals surface area contributed by atoms with E-state index in [-0.39, 0.29) is 5.91 Å². The molecule has 0 radical (unpaired) electrons. The minimum Gasteiger partial charge on any atom is -0.493 e. The molecule has 0 fully saturated rings. The van der Waals surface area contributed by atoms with Crippen molar-refractivity contribution in [2.75, 3.05) is 7.11 Å². The van der Waals surface area contributed by atoms with E-state index in [4.69, 9.17) is 18.9 Å². The SMILES string of the molecule is COc1cc(C=NNC(=O)C(C)Oc2ccc(OCc3ccccc3)cc2)ccc1OCc1ccccc1. The molecule has 1 N–H and O–H groups in total. The van der Waals surface area contributed by atoms with Crippen LogP contribution in [0, 0.1) is 0 Å². The normalized spacial score (nSPS) is 11.5. The molecule has 194 valence electrons. The lowest BCUT2D eigenvalue weighted by atomic mass is 10.2. The predicted molar refractivity (Wildman–Crippen MR) is 147 cm³/mol. The van der Waals surface area contributed by atoms with Crippen molar-refractivity contribution < 1.29 is 23.7 Å². The molecular weight excluding hydrogens is 480 g/mol. The predicted octanol–water partition coefficient (Wildman–Crippen LogP) is 5.77. The first-order valence-electron chi connectivity index (χ1n) is 12.2. The van der Waals surface area contributed by atoms with E-state index in [0.717, 1.165) is 22.4 Å². The van der Waals surface area contributed by atoms with Gasteiger partial charge in [-0.3, -0.25) is 4.79 Å². The highest BCUT2D eigenvalue weighted by Crippen LogP contribution is 2.28. The number of rotatable bonds is 12. The van der Waals surface area contributed by atoms with Crippen molar-refractivity contribution in [1.29, 1.82) is 0 Å². The molecule has 38 heavy (non-hydrogen) atoms. The number of amides is 1. The molecule has 1 unspecified atom stereocenters. The van der Waals surface area contributed by atoms with Crippen LogP contribution in [0.3, 0.4) is 0 Å². The van der Waals surface area contributed by atoms with Crippen molar-refractivity contribution in [3.63, 3.8) is 0 Å². The van der Waals surface area contributed by atoms with Crippen LogP contribution < -0.4 is 24.4 Å². The highest BCUT2D eigenvalue weighted by molar-refractivity contribution is 5.85. The van der Waals surface area contributed by atoms with E-state index < -0.39 is 6.10 Å². The van der Waals surface area contributed by atoms with Gasteiger partial charge >= 0.3 is 0 Å². The number of hydrazone groups is 1. The molecule has 0 aliphatic carbocycles. The summed E-state index contributed by atoms with van der Waals surface area (Å²) in [7, 11) is 1.58. The molecule has 1 amide bonds. The van der Waals surface area contributed by atoms with Gasteiger partial charge in [-0.25, -0.2) is 5.43 Å². The van der Waals surface area contributed by atoms with Crippen molar-refractivity contribution in [1.82, 2.24) is 5.43 Å². The van der Waals surface area contributed by atoms with Crippen molar-refractivity contribution in [2.45, 2.75) is 26.2 Å². The maximum atomic E-state index is 12.4. The summed E-state index contributed by atoms with van der Waals surface area (Å²) in [5, 5.41) is 4.05. The lowest BCUT2D eigenvalue weighted by Gasteiger charge is -2.14. The van der Waals surface area contributed by atoms with Crippen molar-refractivity contribution in [3.8, 4) is 23.0 Å². The molecule has 7 heteroatoms. The number of carbonyl (C=O) groups excluding carboxylic acids is 1. The van der Waals surface area contributed by atoms with Crippen LogP contribution in [0.5, 0.6) is 23.0 Å². The number of benzene rings is 4. The van der Waals surface area contributed by atoms with Crippen LogP contribution in [0.15, 0.2) is 108 Å². The zero-order valence-electron chi connectivity index (χ0n) is 21.4. The molecule has 0 saturated carbocycles. The van der Waals surface area contributed by atoms with Crippen LogP contribution >= 0.6 is 0 Å². The molecule has 4 rings (SSSR count). The minimum absolute atomic E-state index is 0.375. The van der Waals surface area contributed by atoms with Gasteiger partial charge in [-0.1, -0.05) is 60.7 Å². The van der Waals surface area contributed by atoms with E-state index in [1.165, 1.54) is 6.21 Å². The lowest BCUT2D eigenvalue weighted by molar-refractivity contribution is -0.127. The van der Waals surface area contributed by atoms with Gasteiger partial charge in [0.05, 0.1) is 13.3 Å². The largest absolute Gasteiger partial charge is 0.493 e. The molecule has 0 aliphatic rings. The van der Waals surface area contributed by atoms with Crippen molar-refractivity contribution >= 4 is 12.1 Å². The molecule has 0 heterocycles. The number of methoxy groups -OCH3 is 1. The standard InChI is InChI=1S/C31H30N2O5/c1-23(38-28-16-14-27(15-17-28)36-21-24-9-5-3-6-10-24)31(34)33-32-20-26-13-18-29(30(19-26)35-2)37-22-25-11-7-4-8-12-25/h3-20,23H,21-22H2,1-2H3,(H,33,34). The van der Waals surface area contributed by atoms with Gasteiger partial charge in [-0.05, 0) is 66.1 Å². The summed E-state index contributed by atoms with van der Waals surface area (Å²) in [6.07, 6.45) is 0.791. The molecule has 0 bridgehead atoms. The number of nitrogens with zero attached hydrogens (tertiary/aromatic N) is 1. The first-order chi connectivity index (χ1) is 18.6. The van der Waals surface area contributed by atoms with Gasteiger partial charge in [0.25, 0.3) is 5.91 Å². The maximum absolute atomic E-state index is 12.4. The second-order valence-electron chi connectivity index (χ2n) is 8.42. The Labute approximate surface area is 222 Å². The number of hydrogen-bond donors (Lipinski definition) is 1. The Morgan fingerprint density at radius 2 is 1.39 bits per heavy atom. The van der Waals surface area contributed by atoms with Gasteiger partial charge in [-0.15, -0.1) is 0 Å². The van der Waals surface area contributed by atoms with Gasteiger partial charge < -0.3 is 18.9 Å². The maximum Gasteiger partial charge on any atom is 0.280 e. The molecule has 7 nitrogen and oxygen atoms in total. The highest BCUT2D eigenvalue weighted by atomic mass is 16.5. The van der Waals surface area contributed by atoms with E-state index in [1.807, 2.05) is 84.9 Å². The Balaban J connectivity index is 1.24. The summed E-state index contributed by atoms with van der Waals surface area (Å²) in [6.45, 7) is 2.57. The van der Waals surface area contributed by atoms with E-state index in [2.05, 4.69) is 10.5 Å². The number of hydrogen-bond acceptors (Lipinski definition) is 6. The molecular formula is C31H30N2O5. The first kappa shape index (κ1) is 26.3. The molecule has 0 aliphatic heterocycles. The number of carbonyl (C=O) groups is 1. The topological polar surface area (TPSA) is 78.4 Å². The molecule has 0 spiro atoms. The summed E-state index contributed by atoms with van der Waals surface area (Å²) in [5.74, 6) is 2.09. The molecule has 4 aromatic rings. The Hall–Kier alpha value is -4.78. The molecule has 1 atom stereocenters. The molecule has 0 aromatic heterocycles. The first-order valence-corrected chi connectivity index (χ1v) is 12.2. The summed E-state index contributed by atoms with van der Waals surface area (Å²) in [5.41, 5.74) is 5.40. The van der Waals surface area contributed by atoms with Gasteiger partial charge in [0.15, 0.2) is 17.6 Å². The van der Waals surface area contributed by atoms with Crippen LogP contribution in [-0.4, -0.2) is 25.3 Å². The van der Waals surface area contributed by atoms with E-state index in [9.17, 15) is 4.79 Å². The second-order valence-corrected chi connectivity index (χ2v) is 8.42. The van der Waals surface area contributed by atoms with Crippen LogP contribution in [0.1, 0.15) is 23.6 Å². The molecule has 4 aromatic carbocycles. The monoisotopic (exact) mass is 510 g/mol. The number of ether oxygens (including phenoxy) is 4. The van der Waals surface area contributed by atoms with Crippen LogP contribution in [0.2, 0.25) is 0 Å². The quantitative estimate of drug-likeness (QED) is 0.193. The third kappa shape index (κ3) is 7.86. The Morgan fingerprint density at radius 1 is 0.789 bits per heavy atom. The smallest absolute Gasteiger partial charge is 0.280 e. The van der Waals surface area contributed by atoms with E-state index >= 15 is 0 Å². The Morgan fingerprint density at radius 3 is 2.03 bits per heavy atom. The van der Waals surface area contributed by atoms with Crippen LogP contribution in [-0.2, 0) is 18.0 Å². The van der Waals surface area contributed by atoms with Crippen molar-refractivity contribution in [3.05, 3.63) is 120 Å². The lowest BCUT2D eigenvalue weighted by Crippen LogP contribution is -2.33. The summed E-state index contributed by atoms with van der Waals surface area (Å²) < 4.78 is 22.8. The summed E-state index contributed by atoms with van der Waals surface area (Å²) in [4.78, 5) is 12.4. The Bertz CT molecular complexity index is 1330. The average molecular weight is 511 g/mol. The third-order valence-corrected chi connectivity index (χ3v) is 5.57. The molecule has 0 saturated heterocycles. The average Bonchev–Trinajstić information content (AvgIpc) is 2.97. The van der Waals surface area contributed by atoms with E-state index in [0.29, 0.717) is 30.5 Å². The van der Waals surface area contributed by atoms with Gasteiger partial charge in [-0.2, -0.15) is 5.10 Å².